The summed E-state index contributed by atoms with van der Waals surface area (Å²) in [6.07, 6.45) is 7.59. The molecular formula is C27H40ClN3O4. The molecule has 35 heavy (non-hydrogen) atoms. The molecule has 1 atom stereocenters. The first kappa shape index (κ1) is 32.2. The standard InChI is InChI=1S/C12H18N2O3.C10H8ClNO.C3H8.C2H6/c1-8(2)11-5-10(17-13-11)6-12(16)14-4-3-9(15)7-14;1-2-8-3-4-9(6-12-7-13)10(11)5-8;1-3-2;1-2/h5,8-9,15H,3-4,6-7H2,1-2H3;1,3-5,7H,6H2,(H,12,13);3H2,1-2H3;1-2H3. The van der Waals surface area contributed by atoms with Gasteiger partial charge < -0.3 is 19.8 Å². The normalized spacial score (nSPS) is 13.8. The Balaban J connectivity index is 0.000000572. The van der Waals surface area contributed by atoms with Crippen LogP contribution >= 0.6 is 11.6 Å². The molecule has 194 valence electrons. The number of halogens is 1. The predicted octanol–water partition coefficient (Wildman–Crippen LogP) is 4.94. The maximum Gasteiger partial charge on any atom is 0.230 e. The van der Waals surface area contributed by atoms with Gasteiger partial charge >= 0.3 is 0 Å². The van der Waals surface area contributed by atoms with E-state index in [1.165, 1.54) is 6.42 Å². The van der Waals surface area contributed by atoms with Gasteiger partial charge in [-0.3, -0.25) is 9.59 Å². The van der Waals surface area contributed by atoms with E-state index in [0.29, 0.717) is 49.2 Å². The van der Waals surface area contributed by atoms with Crippen LogP contribution in [0.2, 0.25) is 5.02 Å². The molecule has 0 radical (unpaired) electrons. The lowest BCUT2D eigenvalue weighted by Gasteiger charge is -2.13. The Morgan fingerprint density at radius 3 is 2.49 bits per heavy atom. The third-order valence-electron chi connectivity index (χ3n) is 4.61. The molecule has 8 heteroatoms. The molecule has 3 rings (SSSR count). The second-order valence-corrected chi connectivity index (χ2v) is 8.40. The summed E-state index contributed by atoms with van der Waals surface area (Å²) in [5.74, 6) is 3.37. The van der Waals surface area contributed by atoms with Crippen LogP contribution in [0.1, 0.15) is 82.9 Å². The number of β-amino-alcohol motifs (C(OH)–C–C–N with tert-alkyl or cyclic N) is 1. The highest BCUT2D eigenvalue weighted by Crippen LogP contribution is 2.17. The first-order chi connectivity index (χ1) is 16.7. The summed E-state index contributed by atoms with van der Waals surface area (Å²) in [6, 6.07) is 7.11. The predicted molar refractivity (Wildman–Crippen MR) is 141 cm³/mol. The highest BCUT2D eigenvalue weighted by Gasteiger charge is 2.25. The van der Waals surface area contributed by atoms with Gasteiger partial charge in [-0.1, -0.05) is 76.7 Å². The van der Waals surface area contributed by atoms with Gasteiger partial charge in [-0.25, -0.2) is 0 Å². The molecule has 1 aliphatic rings. The number of amides is 2. The molecule has 1 fully saturated rings. The van der Waals surface area contributed by atoms with Crippen molar-refractivity contribution in [1.82, 2.24) is 15.4 Å². The number of hydrogen-bond donors (Lipinski definition) is 2. The average molecular weight is 506 g/mol. The lowest BCUT2D eigenvalue weighted by molar-refractivity contribution is -0.130. The summed E-state index contributed by atoms with van der Waals surface area (Å²) in [5.41, 5.74) is 2.46. The van der Waals surface area contributed by atoms with Crippen molar-refractivity contribution in [3.63, 3.8) is 0 Å². The molecule has 0 bridgehead atoms. The first-order valence-corrected chi connectivity index (χ1v) is 12.5. The summed E-state index contributed by atoms with van der Waals surface area (Å²) >= 11 is 5.89. The van der Waals surface area contributed by atoms with Crippen LogP contribution in [0.25, 0.3) is 0 Å². The lowest BCUT2D eigenvalue weighted by Crippen LogP contribution is -2.30. The van der Waals surface area contributed by atoms with Crippen molar-refractivity contribution in [2.45, 2.75) is 79.4 Å². The minimum atomic E-state index is -0.375. The molecule has 0 spiro atoms. The van der Waals surface area contributed by atoms with Crippen molar-refractivity contribution in [1.29, 1.82) is 0 Å². The number of aliphatic hydroxyl groups excluding tert-OH is 1. The maximum atomic E-state index is 11.9. The number of nitrogens with zero attached hydrogens (tertiary/aromatic N) is 2. The SMILES string of the molecule is C#Cc1ccc(CNC=O)c(Cl)c1.CC.CC(C)c1cc(CC(=O)N2CCC(O)C2)on1.CCC. The van der Waals surface area contributed by atoms with Crippen molar-refractivity contribution in [2.24, 2.45) is 0 Å². The third kappa shape index (κ3) is 12.4. The van der Waals surface area contributed by atoms with E-state index in [0.717, 1.165) is 16.8 Å². The van der Waals surface area contributed by atoms with Crippen LogP contribution in [0.15, 0.2) is 28.8 Å². The fraction of sp³-hybridized carbons (Fsp3) is 0.519. The molecule has 1 aliphatic heterocycles. The number of aliphatic hydroxyl groups is 1. The Hall–Kier alpha value is -2.82. The number of nitrogens with one attached hydrogen (secondary N) is 1. The zero-order valence-electron chi connectivity index (χ0n) is 21.8. The number of aromatic nitrogens is 1. The largest absolute Gasteiger partial charge is 0.391 e. The van der Waals surface area contributed by atoms with Crippen molar-refractivity contribution in [3.05, 3.63) is 51.9 Å². The van der Waals surface area contributed by atoms with Crippen LogP contribution in [0.4, 0.5) is 0 Å². The van der Waals surface area contributed by atoms with Crippen molar-refractivity contribution in [2.75, 3.05) is 13.1 Å². The van der Waals surface area contributed by atoms with Crippen LogP contribution in [0.3, 0.4) is 0 Å². The van der Waals surface area contributed by atoms with E-state index in [4.69, 9.17) is 22.5 Å². The highest BCUT2D eigenvalue weighted by molar-refractivity contribution is 6.31. The topological polar surface area (TPSA) is 95.7 Å². The van der Waals surface area contributed by atoms with Gasteiger partial charge in [-0.2, -0.15) is 0 Å². The van der Waals surface area contributed by atoms with Gasteiger partial charge in [0, 0.05) is 36.3 Å². The third-order valence-corrected chi connectivity index (χ3v) is 4.96. The van der Waals surface area contributed by atoms with E-state index >= 15 is 0 Å². The average Bonchev–Trinajstić information content (AvgIpc) is 3.50. The van der Waals surface area contributed by atoms with Crippen LogP contribution in [0, 0.1) is 12.3 Å². The molecule has 2 heterocycles. The summed E-state index contributed by atoms with van der Waals surface area (Å²) in [5, 5.41) is 16.4. The Labute approximate surface area is 215 Å². The molecule has 1 saturated heterocycles. The van der Waals surface area contributed by atoms with Gasteiger partial charge in [-0.15, -0.1) is 6.42 Å². The van der Waals surface area contributed by atoms with Gasteiger partial charge in [-0.05, 0) is 30.0 Å². The van der Waals surface area contributed by atoms with Gasteiger partial charge in [0.1, 0.15) is 5.76 Å². The molecule has 2 N–H and O–H groups in total. The summed E-state index contributed by atoms with van der Waals surface area (Å²) in [6.45, 7) is 13.8. The number of carbonyl (C=O) groups is 2. The number of hydrogen-bond acceptors (Lipinski definition) is 5. The molecule has 1 unspecified atom stereocenters. The summed E-state index contributed by atoms with van der Waals surface area (Å²) in [4.78, 5) is 23.6. The molecule has 2 aromatic rings. The zero-order chi connectivity index (χ0) is 26.8. The molecule has 1 aromatic heterocycles. The Morgan fingerprint density at radius 1 is 1.37 bits per heavy atom. The maximum absolute atomic E-state index is 11.9. The van der Waals surface area contributed by atoms with Crippen LogP contribution in [-0.2, 0) is 22.6 Å². The number of carbonyl (C=O) groups excluding carboxylic acids is 2. The van der Waals surface area contributed by atoms with Gasteiger partial charge in [0.15, 0.2) is 0 Å². The van der Waals surface area contributed by atoms with E-state index < -0.39 is 0 Å². The summed E-state index contributed by atoms with van der Waals surface area (Å²) < 4.78 is 5.12. The second-order valence-electron chi connectivity index (χ2n) is 7.99. The summed E-state index contributed by atoms with van der Waals surface area (Å²) in [7, 11) is 0. The minimum absolute atomic E-state index is 0.00648. The number of benzene rings is 1. The van der Waals surface area contributed by atoms with Crippen LogP contribution in [-0.4, -0.2) is 46.7 Å². The van der Waals surface area contributed by atoms with Crippen LogP contribution < -0.4 is 5.32 Å². The smallest absolute Gasteiger partial charge is 0.230 e. The fourth-order valence-corrected chi connectivity index (χ4v) is 3.09. The monoisotopic (exact) mass is 505 g/mol. The zero-order valence-corrected chi connectivity index (χ0v) is 22.6. The van der Waals surface area contributed by atoms with Crippen molar-refractivity contribution in [3.8, 4) is 12.3 Å². The van der Waals surface area contributed by atoms with Gasteiger partial charge in [0.05, 0.1) is 18.2 Å². The highest BCUT2D eigenvalue weighted by atomic mass is 35.5. The quantitative estimate of drug-likeness (QED) is 0.428. The second kappa shape index (κ2) is 18.5. The van der Waals surface area contributed by atoms with Crippen molar-refractivity contribution < 1.29 is 19.2 Å². The lowest BCUT2D eigenvalue weighted by atomic mass is 10.1. The molecule has 0 aliphatic carbocycles. The van der Waals surface area contributed by atoms with E-state index in [1.807, 2.05) is 33.8 Å². The minimum Gasteiger partial charge on any atom is -0.391 e. The van der Waals surface area contributed by atoms with E-state index in [1.54, 1.807) is 23.1 Å². The van der Waals surface area contributed by atoms with E-state index in [-0.39, 0.29) is 18.4 Å². The van der Waals surface area contributed by atoms with Gasteiger partial charge in [0.25, 0.3) is 0 Å². The van der Waals surface area contributed by atoms with E-state index in [9.17, 15) is 14.7 Å². The Bertz CT molecular complexity index is 921. The number of likely N-dealkylation sites (tertiary alicyclic amines) is 1. The van der Waals surface area contributed by atoms with Crippen LogP contribution in [0.5, 0.6) is 0 Å². The molecule has 7 nitrogen and oxygen atoms in total. The van der Waals surface area contributed by atoms with E-state index in [2.05, 4.69) is 30.2 Å². The Kier molecular flexibility index (Phi) is 17.0. The number of terminal acetylenes is 1. The Morgan fingerprint density at radius 2 is 2.03 bits per heavy atom. The molecule has 2 amide bonds. The van der Waals surface area contributed by atoms with Crippen molar-refractivity contribution >= 4 is 23.9 Å². The number of rotatable bonds is 6. The molecular weight excluding hydrogens is 466 g/mol. The molecule has 1 aromatic carbocycles. The fourth-order valence-electron chi connectivity index (χ4n) is 2.85. The first-order valence-electron chi connectivity index (χ1n) is 12.1. The van der Waals surface area contributed by atoms with Gasteiger partial charge in [0.2, 0.25) is 12.3 Å². The molecule has 0 saturated carbocycles.